The van der Waals surface area contributed by atoms with E-state index in [1.165, 1.54) is 16.3 Å². The first-order valence-electron chi connectivity index (χ1n) is 11.4. The predicted octanol–water partition coefficient (Wildman–Crippen LogP) is 4.43. The summed E-state index contributed by atoms with van der Waals surface area (Å²) in [6.45, 7) is 4.19. The highest BCUT2D eigenvalue weighted by Gasteiger charge is 2.65. The summed E-state index contributed by atoms with van der Waals surface area (Å²) in [6, 6.07) is 15.3. The molecule has 2 amide bonds. The van der Waals surface area contributed by atoms with Crippen LogP contribution >= 0.6 is 0 Å². The number of hydrogen-bond donors (Lipinski definition) is 1. The van der Waals surface area contributed by atoms with Crippen molar-refractivity contribution in [2.45, 2.75) is 58.0 Å². The topological polar surface area (TPSA) is 63.4 Å². The summed E-state index contributed by atoms with van der Waals surface area (Å²) in [5.41, 5.74) is 6.43. The molecule has 3 unspecified atom stereocenters. The zero-order valence-electron chi connectivity index (χ0n) is 17.8. The quantitative estimate of drug-likeness (QED) is 0.772. The Morgan fingerprint density at radius 3 is 2.37 bits per heavy atom. The summed E-state index contributed by atoms with van der Waals surface area (Å²) in [6.07, 6.45) is 4.98. The smallest absolute Gasteiger partial charge is 0.231 e. The van der Waals surface area contributed by atoms with Gasteiger partial charge in [-0.05, 0) is 80.0 Å². The molecule has 4 heteroatoms. The Bertz CT molecular complexity index is 1050. The van der Waals surface area contributed by atoms with Crippen LogP contribution in [0, 0.1) is 28.6 Å². The molecule has 4 bridgehead atoms. The Balaban J connectivity index is 1.42. The van der Waals surface area contributed by atoms with E-state index in [1.807, 2.05) is 0 Å². The molecule has 4 saturated carbocycles. The maximum atomic E-state index is 13.5. The number of hydrogen-bond acceptors (Lipinski definition) is 2. The lowest BCUT2D eigenvalue weighted by molar-refractivity contribution is -0.198. The number of β-lactam (4-membered cyclic amide) rings is 1. The first-order chi connectivity index (χ1) is 14.3. The monoisotopic (exact) mass is 402 g/mol. The zero-order valence-corrected chi connectivity index (χ0v) is 17.8. The first kappa shape index (κ1) is 18.4. The van der Waals surface area contributed by atoms with E-state index in [2.05, 4.69) is 61.2 Å². The molecule has 2 aromatic rings. The minimum atomic E-state index is -0.403. The van der Waals surface area contributed by atoms with E-state index in [9.17, 15) is 9.59 Å². The second kappa shape index (κ2) is 5.87. The van der Waals surface area contributed by atoms with Gasteiger partial charge >= 0.3 is 0 Å². The van der Waals surface area contributed by atoms with Crippen LogP contribution in [0.3, 0.4) is 0 Å². The zero-order chi connectivity index (χ0) is 20.8. The van der Waals surface area contributed by atoms with Crippen molar-refractivity contribution in [3.05, 3.63) is 48.0 Å². The molecule has 3 atom stereocenters. The Labute approximate surface area is 177 Å². The van der Waals surface area contributed by atoms with Crippen LogP contribution in [0.25, 0.3) is 10.8 Å². The van der Waals surface area contributed by atoms with Gasteiger partial charge in [0.05, 0.1) is 11.5 Å². The summed E-state index contributed by atoms with van der Waals surface area (Å²) in [5, 5.41) is 2.47. The fourth-order valence-corrected chi connectivity index (χ4v) is 7.94. The lowest BCUT2D eigenvalue weighted by Gasteiger charge is -2.66. The molecule has 156 valence electrons. The highest BCUT2D eigenvalue weighted by atomic mass is 16.2. The van der Waals surface area contributed by atoms with Crippen LogP contribution in [0.2, 0.25) is 0 Å². The van der Waals surface area contributed by atoms with Gasteiger partial charge in [0.25, 0.3) is 0 Å². The Morgan fingerprint density at radius 2 is 1.67 bits per heavy atom. The molecule has 0 radical (unpaired) electrons. The number of nitrogens with two attached hydrogens (primary N) is 1. The minimum Gasteiger partial charge on any atom is -0.369 e. The molecular formula is C26H30N2O2. The molecule has 5 fully saturated rings. The number of nitrogens with zero attached hydrogens (tertiary/aromatic N) is 1. The van der Waals surface area contributed by atoms with Crippen molar-refractivity contribution in [1.29, 1.82) is 0 Å². The molecule has 0 spiro atoms. The van der Waals surface area contributed by atoms with E-state index in [0.717, 1.165) is 32.1 Å². The van der Waals surface area contributed by atoms with Gasteiger partial charge in [-0.3, -0.25) is 9.59 Å². The summed E-state index contributed by atoms with van der Waals surface area (Å²) in [4.78, 5) is 28.1. The number of carbonyl (C=O) groups excluding carboxylic acids is 2. The van der Waals surface area contributed by atoms with Crippen LogP contribution in [0.4, 0.5) is 0 Å². The number of benzene rings is 2. The van der Waals surface area contributed by atoms with Gasteiger partial charge in [0, 0.05) is 11.5 Å². The van der Waals surface area contributed by atoms with Gasteiger partial charge in [-0.2, -0.15) is 0 Å². The first-order valence-corrected chi connectivity index (χ1v) is 11.4. The summed E-state index contributed by atoms with van der Waals surface area (Å²) < 4.78 is 0. The summed E-state index contributed by atoms with van der Waals surface area (Å²) in [5.74, 6) is 1.57. The number of carbonyl (C=O) groups is 2. The Hall–Kier alpha value is -2.36. The number of amides is 2. The van der Waals surface area contributed by atoms with Gasteiger partial charge < -0.3 is 10.6 Å². The largest absolute Gasteiger partial charge is 0.369 e. The van der Waals surface area contributed by atoms with Crippen molar-refractivity contribution in [3.8, 4) is 0 Å². The molecule has 7 rings (SSSR count). The maximum Gasteiger partial charge on any atom is 0.231 e. The number of rotatable bonds is 3. The molecule has 1 saturated heterocycles. The van der Waals surface area contributed by atoms with Crippen LogP contribution < -0.4 is 5.73 Å². The van der Waals surface area contributed by atoms with Crippen LogP contribution in [0.15, 0.2) is 42.5 Å². The predicted molar refractivity (Wildman–Crippen MR) is 116 cm³/mol. The molecule has 30 heavy (non-hydrogen) atoms. The fourth-order valence-electron chi connectivity index (χ4n) is 7.94. The average Bonchev–Trinajstić information content (AvgIpc) is 2.71. The van der Waals surface area contributed by atoms with Gasteiger partial charge in [-0.1, -0.05) is 42.5 Å². The van der Waals surface area contributed by atoms with Gasteiger partial charge in [0.2, 0.25) is 11.8 Å². The van der Waals surface area contributed by atoms with Crippen LogP contribution in [0.1, 0.15) is 57.6 Å². The number of likely N-dealkylation sites (tertiary alicyclic amines) is 1. The third-order valence-electron chi connectivity index (χ3n) is 8.93. The van der Waals surface area contributed by atoms with Gasteiger partial charge in [-0.25, -0.2) is 0 Å². The highest BCUT2D eigenvalue weighted by Crippen LogP contribution is 2.64. The van der Waals surface area contributed by atoms with Crippen LogP contribution in [0.5, 0.6) is 0 Å². The fraction of sp³-hybridized carbons (Fsp3) is 0.538. The Morgan fingerprint density at radius 1 is 1.00 bits per heavy atom. The molecular weight excluding hydrogens is 372 g/mol. The lowest BCUT2D eigenvalue weighted by Crippen LogP contribution is -2.71. The van der Waals surface area contributed by atoms with Crippen molar-refractivity contribution in [3.63, 3.8) is 0 Å². The number of fused-ring (bicyclic) bond motifs is 1. The lowest BCUT2D eigenvalue weighted by atomic mass is 9.46. The SMILES string of the molecule is CC1(C)C(=O)N(C2C3CC4CC2CC(C(N)=O)(C4)C3)C1c1cccc2ccccc12. The van der Waals surface area contributed by atoms with E-state index in [-0.39, 0.29) is 29.3 Å². The number of primary amides is 1. The van der Waals surface area contributed by atoms with Gasteiger partial charge in [0.15, 0.2) is 0 Å². The van der Waals surface area contributed by atoms with Gasteiger partial charge in [-0.15, -0.1) is 0 Å². The van der Waals surface area contributed by atoms with E-state index in [4.69, 9.17) is 5.73 Å². The molecule has 1 heterocycles. The summed E-state index contributed by atoms with van der Waals surface area (Å²) in [7, 11) is 0. The minimum absolute atomic E-state index is 0.0863. The maximum absolute atomic E-state index is 13.5. The molecule has 5 aliphatic rings. The van der Waals surface area contributed by atoms with Crippen LogP contribution in [-0.4, -0.2) is 22.8 Å². The second-order valence-electron chi connectivity index (χ2n) is 11.0. The third-order valence-corrected chi connectivity index (χ3v) is 8.93. The van der Waals surface area contributed by atoms with Gasteiger partial charge in [0.1, 0.15) is 0 Å². The van der Waals surface area contributed by atoms with Crippen molar-refractivity contribution >= 4 is 22.6 Å². The van der Waals surface area contributed by atoms with E-state index < -0.39 is 5.41 Å². The molecule has 2 aromatic carbocycles. The van der Waals surface area contributed by atoms with E-state index in [0.29, 0.717) is 17.8 Å². The summed E-state index contributed by atoms with van der Waals surface area (Å²) >= 11 is 0. The molecule has 4 aliphatic carbocycles. The van der Waals surface area contributed by atoms with Crippen molar-refractivity contribution < 1.29 is 9.59 Å². The van der Waals surface area contributed by atoms with E-state index in [1.54, 1.807) is 0 Å². The molecule has 0 aromatic heterocycles. The Kier molecular flexibility index (Phi) is 3.60. The normalized spacial score (nSPS) is 38.7. The van der Waals surface area contributed by atoms with Crippen LogP contribution in [-0.2, 0) is 9.59 Å². The van der Waals surface area contributed by atoms with Crippen molar-refractivity contribution in [2.75, 3.05) is 0 Å². The highest BCUT2D eigenvalue weighted by molar-refractivity contribution is 5.94. The van der Waals surface area contributed by atoms with Crippen molar-refractivity contribution in [2.24, 2.45) is 34.3 Å². The van der Waals surface area contributed by atoms with Crippen molar-refractivity contribution in [1.82, 2.24) is 4.90 Å². The van der Waals surface area contributed by atoms with E-state index >= 15 is 0 Å². The average molecular weight is 403 g/mol. The molecule has 1 aliphatic heterocycles. The molecule has 2 N–H and O–H groups in total. The molecule has 4 nitrogen and oxygen atoms in total. The third kappa shape index (κ3) is 2.23. The second-order valence-corrected chi connectivity index (χ2v) is 11.0. The standard InChI is InChI=1S/C26H30N2O2/c1-25(2)22(20-9-5-7-16-6-3-4-8-19(16)20)28(24(25)30)21-17-10-15-11-18(21)14-26(12-15,13-17)23(27)29/h3-9,15,17-18,21-22H,10-14H2,1-2H3,(H2,27,29).